The number of halogens is 1. The lowest BCUT2D eigenvalue weighted by Gasteiger charge is -2.13. The lowest BCUT2D eigenvalue weighted by atomic mass is 10.2. The van der Waals surface area contributed by atoms with Crippen molar-refractivity contribution in [3.05, 3.63) is 47.5 Å². The number of thioether (sulfide) groups is 1. The minimum Gasteiger partial charge on any atom is -0.333 e. The maximum atomic E-state index is 11.6. The van der Waals surface area contributed by atoms with Gasteiger partial charge < -0.3 is 4.90 Å². The van der Waals surface area contributed by atoms with Gasteiger partial charge in [0.05, 0.1) is 0 Å². The zero-order valence-corrected chi connectivity index (χ0v) is 10.7. The number of likely N-dealkylation sites (N-methyl/N-ethyl adjacent to an activating group) is 1. The molecule has 0 aromatic heterocycles. The maximum Gasteiger partial charge on any atom is 0.281 e. The van der Waals surface area contributed by atoms with Crippen LogP contribution in [0.25, 0.3) is 0 Å². The lowest BCUT2D eigenvalue weighted by molar-refractivity contribution is 0.237. The molecule has 86 valence electrons. The van der Waals surface area contributed by atoms with Crippen LogP contribution in [0.15, 0.2) is 36.9 Å². The Balaban J connectivity index is 2.42. The Kier molecular flexibility index (Phi) is 5.43. The normalized spacial score (nSPS) is 9.88. The van der Waals surface area contributed by atoms with Crippen LogP contribution in [0.1, 0.15) is 5.56 Å². The van der Waals surface area contributed by atoms with Crippen LogP contribution in [0.2, 0.25) is 5.02 Å². The van der Waals surface area contributed by atoms with Gasteiger partial charge in [0, 0.05) is 24.4 Å². The van der Waals surface area contributed by atoms with Crippen molar-refractivity contribution in [1.29, 1.82) is 0 Å². The monoisotopic (exact) mass is 255 g/mol. The third-order valence-electron chi connectivity index (χ3n) is 1.99. The van der Waals surface area contributed by atoms with Crippen LogP contribution in [0, 0.1) is 0 Å². The smallest absolute Gasteiger partial charge is 0.281 e. The molecule has 1 aromatic rings. The summed E-state index contributed by atoms with van der Waals surface area (Å²) in [6, 6.07) is 7.51. The first-order valence-corrected chi connectivity index (χ1v) is 6.23. The van der Waals surface area contributed by atoms with Gasteiger partial charge in [-0.3, -0.25) is 4.79 Å². The average molecular weight is 256 g/mol. The van der Waals surface area contributed by atoms with Gasteiger partial charge in [0.15, 0.2) is 0 Å². The molecule has 0 aliphatic carbocycles. The SMILES string of the molecule is C=CCN(C)C(=O)SCc1ccc(Cl)cc1. The lowest BCUT2D eigenvalue weighted by Crippen LogP contribution is -2.22. The summed E-state index contributed by atoms with van der Waals surface area (Å²) in [5.41, 5.74) is 1.09. The molecule has 1 rings (SSSR count). The fourth-order valence-electron chi connectivity index (χ4n) is 1.10. The molecule has 0 unspecified atom stereocenters. The van der Waals surface area contributed by atoms with Crippen LogP contribution in [0.3, 0.4) is 0 Å². The molecular weight excluding hydrogens is 242 g/mol. The predicted octanol–water partition coefficient (Wildman–Crippen LogP) is 3.81. The van der Waals surface area contributed by atoms with Crippen molar-refractivity contribution in [2.24, 2.45) is 0 Å². The van der Waals surface area contributed by atoms with Crippen LogP contribution < -0.4 is 0 Å². The van der Waals surface area contributed by atoms with Gasteiger partial charge in [-0.05, 0) is 17.7 Å². The molecular formula is C12H14ClNOS. The summed E-state index contributed by atoms with van der Waals surface area (Å²) in [6.07, 6.45) is 1.71. The molecule has 0 radical (unpaired) electrons. The fourth-order valence-corrected chi connectivity index (χ4v) is 2.01. The first kappa shape index (κ1) is 13.1. The van der Waals surface area contributed by atoms with Crippen molar-refractivity contribution >= 4 is 28.6 Å². The minimum absolute atomic E-state index is 0.0508. The van der Waals surface area contributed by atoms with Crippen LogP contribution in [-0.4, -0.2) is 23.7 Å². The van der Waals surface area contributed by atoms with Crippen LogP contribution in [0.5, 0.6) is 0 Å². The molecule has 0 saturated heterocycles. The number of hydrogen-bond acceptors (Lipinski definition) is 2. The summed E-state index contributed by atoms with van der Waals surface area (Å²) in [5.74, 6) is 0.664. The second-order valence-corrected chi connectivity index (χ2v) is 4.71. The Labute approximate surface area is 105 Å². The molecule has 2 nitrogen and oxygen atoms in total. The maximum absolute atomic E-state index is 11.6. The second kappa shape index (κ2) is 6.61. The van der Waals surface area contributed by atoms with Gasteiger partial charge in [-0.2, -0.15) is 0 Å². The van der Waals surface area contributed by atoms with E-state index in [0.717, 1.165) is 5.56 Å². The van der Waals surface area contributed by atoms with Crippen molar-refractivity contribution in [2.45, 2.75) is 5.75 Å². The molecule has 0 spiro atoms. The Morgan fingerprint density at radius 2 is 2.12 bits per heavy atom. The highest BCUT2D eigenvalue weighted by molar-refractivity contribution is 8.12. The number of carbonyl (C=O) groups excluding carboxylic acids is 1. The zero-order chi connectivity index (χ0) is 12.0. The Morgan fingerprint density at radius 1 is 1.50 bits per heavy atom. The quantitative estimate of drug-likeness (QED) is 0.763. The van der Waals surface area contributed by atoms with E-state index in [2.05, 4.69) is 6.58 Å². The number of carbonyl (C=O) groups is 1. The van der Waals surface area contributed by atoms with Crippen LogP contribution in [0.4, 0.5) is 4.79 Å². The van der Waals surface area contributed by atoms with Crippen molar-refractivity contribution in [2.75, 3.05) is 13.6 Å². The van der Waals surface area contributed by atoms with Gasteiger partial charge in [-0.15, -0.1) is 6.58 Å². The highest BCUT2D eigenvalue weighted by Gasteiger charge is 2.07. The third-order valence-corrected chi connectivity index (χ3v) is 3.28. The highest BCUT2D eigenvalue weighted by atomic mass is 35.5. The molecule has 0 saturated carbocycles. The van der Waals surface area contributed by atoms with E-state index in [4.69, 9.17) is 11.6 Å². The number of hydrogen-bond donors (Lipinski definition) is 0. The second-order valence-electron chi connectivity index (χ2n) is 3.35. The number of rotatable bonds is 4. The van der Waals surface area contributed by atoms with E-state index in [0.29, 0.717) is 17.3 Å². The molecule has 0 bridgehead atoms. The molecule has 1 aromatic carbocycles. The summed E-state index contributed by atoms with van der Waals surface area (Å²) >= 11 is 7.05. The van der Waals surface area contributed by atoms with E-state index < -0.39 is 0 Å². The van der Waals surface area contributed by atoms with Gasteiger partial charge in [-0.25, -0.2) is 0 Å². The summed E-state index contributed by atoms with van der Waals surface area (Å²) in [4.78, 5) is 13.2. The van der Waals surface area contributed by atoms with Gasteiger partial charge in [-0.1, -0.05) is 41.6 Å². The molecule has 0 N–H and O–H groups in total. The van der Waals surface area contributed by atoms with Crippen molar-refractivity contribution in [1.82, 2.24) is 4.90 Å². The van der Waals surface area contributed by atoms with Gasteiger partial charge in [0.1, 0.15) is 0 Å². The first-order chi connectivity index (χ1) is 7.63. The molecule has 0 atom stereocenters. The van der Waals surface area contributed by atoms with Gasteiger partial charge >= 0.3 is 0 Å². The van der Waals surface area contributed by atoms with E-state index in [1.165, 1.54) is 11.8 Å². The van der Waals surface area contributed by atoms with E-state index in [1.807, 2.05) is 24.3 Å². The predicted molar refractivity (Wildman–Crippen MR) is 71.0 cm³/mol. The zero-order valence-electron chi connectivity index (χ0n) is 9.15. The molecule has 16 heavy (non-hydrogen) atoms. The standard InChI is InChI=1S/C12H14ClNOS/c1-3-8-14(2)12(15)16-9-10-4-6-11(13)7-5-10/h3-7H,1,8-9H2,2H3. The van der Waals surface area contributed by atoms with E-state index in [1.54, 1.807) is 18.0 Å². The Morgan fingerprint density at radius 3 is 2.69 bits per heavy atom. The Bertz CT molecular complexity index is 364. The van der Waals surface area contributed by atoms with Crippen LogP contribution >= 0.6 is 23.4 Å². The van der Waals surface area contributed by atoms with E-state index in [-0.39, 0.29) is 5.24 Å². The van der Waals surface area contributed by atoms with Gasteiger partial charge in [0.25, 0.3) is 5.24 Å². The molecule has 0 heterocycles. The van der Waals surface area contributed by atoms with Crippen molar-refractivity contribution < 1.29 is 4.79 Å². The topological polar surface area (TPSA) is 20.3 Å². The molecule has 4 heteroatoms. The van der Waals surface area contributed by atoms with Crippen LogP contribution in [-0.2, 0) is 5.75 Å². The molecule has 1 amide bonds. The molecule has 0 fully saturated rings. The summed E-state index contributed by atoms with van der Waals surface area (Å²) in [7, 11) is 1.76. The van der Waals surface area contributed by atoms with E-state index in [9.17, 15) is 4.79 Å². The van der Waals surface area contributed by atoms with E-state index >= 15 is 0 Å². The molecule has 0 aliphatic heterocycles. The molecule has 0 aliphatic rings. The number of nitrogens with zero attached hydrogens (tertiary/aromatic N) is 1. The fraction of sp³-hybridized carbons (Fsp3) is 0.250. The largest absolute Gasteiger partial charge is 0.333 e. The average Bonchev–Trinajstić information content (AvgIpc) is 2.28. The van der Waals surface area contributed by atoms with Crippen molar-refractivity contribution in [3.63, 3.8) is 0 Å². The first-order valence-electron chi connectivity index (χ1n) is 4.86. The summed E-state index contributed by atoms with van der Waals surface area (Å²) < 4.78 is 0. The highest BCUT2D eigenvalue weighted by Crippen LogP contribution is 2.17. The summed E-state index contributed by atoms with van der Waals surface area (Å²) in [5, 5.41) is 0.763. The van der Waals surface area contributed by atoms with Crippen molar-refractivity contribution in [3.8, 4) is 0 Å². The summed E-state index contributed by atoms with van der Waals surface area (Å²) in [6.45, 7) is 4.17. The third kappa shape index (κ3) is 4.29. The minimum atomic E-state index is 0.0508. The number of amides is 1. The Hall–Kier alpha value is -0.930. The number of benzene rings is 1. The van der Waals surface area contributed by atoms with Gasteiger partial charge in [0.2, 0.25) is 0 Å².